The van der Waals surface area contributed by atoms with Crippen molar-refractivity contribution in [2.45, 2.75) is 40.0 Å². The number of hydrogen-bond donors (Lipinski definition) is 0. The number of rotatable bonds is 5. The van der Waals surface area contributed by atoms with Gasteiger partial charge in [0.15, 0.2) is 10.9 Å². The average Bonchev–Trinajstić information content (AvgIpc) is 3.28. The molecule has 2 heterocycles. The molecule has 0 fully saturated rings. The van der Waals surface area contributed by atoms with E-state index in [0.717, 1.165) is 27.3 Å². The second kappa shape index (κ2) is 8.76. The maximum absolute atomic E-state index is 14.2. The van der Waals surface area contributed by atoms with Crippen molar-refractivity contribution in [1.82, 2.24) is 9.97 Å². The molecule has 9 heteroatoms. The second-order valence-electron chi connectivity index (χ2n) is 7.89. The second-order valence-corrected chi connectivity index (χ2v) is 9.72. The van der Waals surface area contributed by atoms with Crippen LogP contribution in [0.3, 0.4) is 0 Å². The summed E-state index contributed by atoms with van der Waals surface area (Å²) in [5, 5.41) is 2.75. The lowest BCUT2D eigenvalue weighted by Gasteiger charge is -2.18. The van der Waals surface area contributed by atoms with Gasteiger partial charge in [-0.15, -0.1) is 22.7 Å². The van der Waals surface area contributed by atoms with Crippen molar-refractivity contribution in [1.29, 1.82) is 0 Å². The Bertz CT molecular complexity index is 1180. The number of carbonyl (C=O) groups excluding carboxylic acids is 2. The van der Waals surface area contributed by atoms with Gasteiger partial charge in [0.25, 0.3) is 0 Å². The third-order valence-corrected chi connectivity index (χ3v) is 6.68. The smallest absolute Gasteiger partial charge is 0.230 e. The number of carbonyl (C=O) groups is 2. The third-order valence-electron chi connectivity index (χ3n) is 4.23. The van der Waals surface area contributed by atoms with Crippen LogP contribution in [0.15, 0.2) is 29.7 Å². The Kier molecular flexibility index (Phi) is 6.47. The van der Waals surface area contributed by atoms with Gasteiger partial charge in [0.05, 0.1) is 27.0 Å². The van der Waals surface area contributed by atoms with Gasteiger partial charge in [-0.3, -0.25) is 14.5 Å². The summed E-state index contributed by atoms with van der Waals surface area (Å²) in [6, 6.07) is 2.97. The van der Waals surface area contributed by atoms with Crippen molar-refractivity contribution >= 4 is 51.3 Å². The lowest BCUT2D eigenvalue weighted by molar-refractivity contribution is -0.115. The molecule has 162 valence electrons. The van der Waals surface area contributed by atoms with Crippen LogP contribution in [0, 0.1) is 18.6 Å². The van der Waals surface area contributed by atoms with Crippen molar-refractivity contribution in [3.63, 3.8) is 0 Å². The molecule has 0 unspecified atom stereocenters. The first-order chi connectivity index (χ1) is 14.5. The number of halogens is 2. The summed E-state index contributed by atoms with van der Waals surface area (Å²) in [7, 11) is 0. The van der Waals surface area contributed by atoms with E-state index in [4.69, 9.17) is 0 Å². The van der Waals surface area contributed by atoms with Gasteiger partial charge in [-0.25, -0.2) is 18.7 Å². The molecule has 0 aliphatic carbocycles. The zero-order chi connectivity index (χ0) is 22.9. The number of nitrogens with zero attached hydrogens (tertiary/aromatic N) is 3. The zero-order valence-electron chi connectivity index (χ0n) is 17.7. The minimum absolute atomic E-state index is 0.0927. The fourth-order valence-electron chi connectivity index (χ4n) is 2.71. The Morgan fingerprint density at radius 2 is 1.87 bits per heavy atom. The Morgan fingerprint density at radius 3 is 2.45 bits per heavy atom. The zero-order valence-corrected chi connectivity index (χ0v) is 19.3. The normalized spacial score (nSPS) is 11.8. The summed E-state index contributed by atoms with van der Waals surface area (Å²) < 4.78 is 27.4. The molecule has 0 spiro atoms. The summed E-state index contributed by atoms with van der Waals surface area (Å²) in [5.74, 6) is -2.26. The van der Waals surface area contributed by atoms with Crippen LogP contribution in [0.4, 0.5) is 19.6 Å². The fourth-order valence-corrected chi connectivity index (χ4v) is 4.60. The number of anilines is 2. The molecule has 3 aromatic rings. The van der Waals surface area contributed by atoms with Crippen LogP contribution in [-0.4, -0.2) is 21.7 Å². The lowest BCUT2D eigenvalue weighted by atomic mass is 9.98. The van der Waals surface area contributed by atoms with Crippen molar-refractivity contribution in [2.75, 3.05) is 4.90 Å². The van der Waals surface area contributed by atoms with Crippen LogP contribution in [0.25, 0.3) is 6.08 Å². The van der Waals surface area contributed by atoms with Crippen molar-refractivity contribution in [3.05, 3.63) is 62.6 Å². The van der Waals surface area contributed by atoms with E-state index in [0.29, 0.717) is 22.3 Å². The van der Waals surface area contributed by atoms with E-state index < -0.39 is 17.5 Å². The van der Waals surface area contributed by atoms with Gasteiger partial charge >= 0.3 is 0 Å². The van der Waals surface area contributed by atoms with Gasteiger partial charge in [0.2, 0.25) is 5.91 Å². The molecule has 1 aromatic carbocycles. The summed E-state index contributed by atoms with van der Waals surface area (Å²) >= 11 is 2.48. The van der Waals surface area contributed by atoms with Crippen molar-refractivity contribution in [2.24, 2.45) is 0 Å². The highest BCUT2D eigenvalue weighted by atomic mass is 32.1. The van der Waals surface area contributed by atoms with Gasteiger partial charge in [-0.1, -0.05) is 20.8 Å². The molecule has 0 saturated heterocycles. The molecule has 0 aliphatic heterocycles. The monoisotopic (exact) mass is 461 g/mol. The molecular weight excluding hydrogens is 440 g/mol. The first-order valence-corrected chi connectivity index (χ1v) is 11.1. The van der Waals surface area contributed by atoms with Gasteiger partial charge in [0.1, 0.15) is 11.6 Å². The summed E-state index contributed by atoms with van der Waals surface area (Å²) in [6.07, 6.45) is 2.94. The Hall–Kier alpha value is -2.78. The number of aromatic nitrogens is 2. The third kappa shape index (κ3) is 5.11. The summed E-state index contributed by atoms with van der Waals surface area (Å²) in [6.45, 7) is 9.18. The highest BCUT2D eigenvalue weighted by Gasteiger charge is 2.23. The molecule has 0 atom stereocenters. The number of amides is 1. The lowest BCUT2D eigenvalue weighted by Crippen LogP contribution is -2.23. The molecule has 31 heavy (non-hydrogen) atoms. The predicted octanol–water partition coefficient (Wildman–Crippen LogP) is 6.06. The van der Waals surface area contributed by atoms with Crippen LogP contribution < -0.4 is 4.90 Å². The van der Waals surface area contributed by atoms with Crippen LogP contribution in [0.2, 0.25) is 0 Å². The number of allylic oxidation sites excluding steroid dienone is 1. The van der Waals surface area contributed by atoms with E-state index in [1.807, 2.05) is 20.8 Å². The fraction of sp³-hybridized carbons (Fsp3) is 0.273. The maximum atomic E-state index is 14.2. The Balaban J connectivity index is 1.84. The van der Waals surface area contributed by atoms with Crippen LogP contribution in [0.5, 0.6) is 0 Å². The highest BCUT2D eigenvalue weighted by Crippen LogP contribution is 2.32. The molecule has 3 rings (SSSR count). The first kappa shape index (κ1) is 22.9. The van der Waals surface area contributed by atoms with Crippen LogP contribution in [-0.2, 0) is 10.2 Å². The molecular formula is C22H21F2N3O2S2. The van der Waals surface area contributed by atoms with Gasteiger partial charge in [0, 0.05) is 23.8 Å². The van der Waals surface area contributed by atoms with Crippen molar-refractivity contribution in [3.8, 4) is 0 Å². The van der Waals surface area contributed by atoms with E-state index >= 15 is 0 Å². The molecule has 0 N–H and O–H groups in total. The maximum Gasteiger partial charge on any atom is 0.230 e. The van der Waals surface area contributed by atoms with E-state index in [1.54, 1.807) is 12.3 Å². The van der Waals surface area contributed by atoms with Gasteiger partial charge in [-0.05, 0) is 31.2 Å². The first-order valence-electron chi connectivity index (χ1n) is 9.39. The molecule has 0 bridgehead atoms. The van der Waals surface area contributed by atoms with E-state index in [2.05, 4.69) is 9.97 Å². The minimum Gasteiger partial charge on any atom is -0.288 e. The number of ketones is 1. The molecule has 0 radical (unpaired) electrons. The molecule has 0 aliphatic rings. The topological polar surface area (TPSA) is 63.2 Å². The molecule has 0 saturated carbocycles. The highest BCUT2D eigenvalue weighted by molar-refractivity contribution is 7.14. The van der Waals surface area contributed by atoms with E-state index in [1.165, 1.54) is 36.5 Å². The van der Waals surface area contributed by atoms with Gasteiger partial charge in [-0.2, -0.15) is 0 Å². The number of hydrogen-bond acceptors (Lipinski definition) is 6. The Labute approximate surface area is 187 Å². The standard InChI is InChI=1S/C22H21F2N3O2S2/c1-12-19(31-20(25-12)22(3,4)5)18(29)9-7-15-11-30-21(26-15)27(13(2)28)17-8-6-14(23)10-16(17)24/h6-11H,1-5H3/b9-7+. The SMILES string of the molecule is CC(=O)N(c1nc(/C=C/C(=O)c2sc(C(C)(C)C)nc2C)cs1)c1ccc(F)cc1F. The summed E-state index contributed by atoms with van der Waals surface area (Å²) in [4.78, 5) is 35.2. The number of benzene rings is 1. The number of thiazole rings is 2. The average molecular weight is 462 g/mol. The van der Waals surface area contributed by atoms with E-state index in [-0.39, 0.29) is 22.0 Å². The molecule has 5 nitrogen and oxygen atoms in total. The van der Waals surface area contributed by atoms with Crippen molar-refractivity contribution < 1.29 is 18.4 Å². The van der Waals surface area contributed by atoms with Gasteiger partial charge < -0.3 is 0 Å². The predicted molar refractivity (Wildman–Crippen MR) is 120 cm³/mol. The number of aryl methyl sites for hydroxylation is 1. The Morgan fingerprint density at radius 1 is 1.16 bits per heavy atom. The molecule has 2 aromatic heterocycles. The largest absolute Gasteiger partial charge is 0.288 e. The van der Waals surface area contributed by atoms with Crippen LogP contribution >= 0.6 is 22.7 Å². The summed E-state index contributed by atoms with van der Waals surface area (Å²) in [5.41, 5.74) is 0.885. The quantitative estimate of drug-likeness (QED) is 0.342. The molecule has 1 amide bonds. The van der Waals surface area contributed by atoms with Crippen LogP contribution in [0.1, 0.15) is 53.8 Å². The minimum atomic E-state index is -0.868. The van der Waals surface area contributed by atoms with E-state index in [9.17, 15) is 18.4 Å².